The van der Waals surface area contributed by atoms with E-state index in [9.17, 15) is 9.59 Å². The molecule has 4 bridgehead atoms. The lowest BCUT2D eigenvalue weighted by atomic mass is 9.49. The topological polar surface area (TPSA) is 73.9 Å². The summed E-state index contributed by atoms with van der Waals surface area (Å²) in [5, 5.41) is 3.57. The van der Waals surface area contributed by atoms with Gasteiger partial charge in [-0.05, 0) is 80.4 Å². The number of rotatable bonds is 7. The first-order chi connectivity index (χ1) is 15.0. The fourth-order valence-corrected chi connectivity index (χ4v) is 6.78. The summed E-state index contributed by atoms with van der Waals surface area (Å²) in [7, 11) is 0. The minimum Gasteiger partial charge on any atom is -0.486 e. The number of carbonyl (C=O) groups is 2. The Morgan fingerprint density at radius 2 is 1.74 bits per heavy atom. The monoisotopic (exact) mass is 447 g/mol. The van der Waals surface area contributed by atoms with E-state index >= 15 is 0 Å². The largest absolute Gasteiger partial charge is 0.486 e. The zero-order valence-corrected chi connectivity index (χ0v) is 18.5. The van der Waals surface area contributed by atoms with Gasteiger partial charge in [-0.2, -0.15) is 0 Å². The van der Waals surface area contributed by atoms with E-state index in [2.05, 4.69) is 5.32 Å². The van der Waals surface area contributed by atoms with Crippen LogP contribution in [0.15, 0.2) is 12.1 Å². The van der Waals surface area contributed by atoms with Gasteiger partial charge < -0.3 is 19.5 Å². The van der Waals surface area contributed by atoms with Crippen LogP contribution in [0.3, 0.4) is 0 Å². The van der Waals surface area contributed by atoms with Crippen LogP contribution in [0.1, 0.15) is 56.9 Å². The molecule has 4 saturated carbocycles. The van der Waals surface area contributed by atoms with Crippen LogP contribution in [0, 0.1) is 23.2 Å². The first kappa shape index (κ1) is 20.9. The van der Waals surface area contributed by atoms with E-state index in [0.717, 1.165) is 42.6 Å². The summed E-state index contributed by atoms with van der Waals surface area (Å²) in [5.41, 5.74) is 0.630. The molecular formula is C24H30ClNO5. The predicted octanol–water partition coefficient (Wildman–Crippen LogP) is 4.27. The molecule has 0 atom stereocenters. The zero-order chi connectivity index (χ0) is 21.4. The highest BCUT2D eigenvalue weighted by molar-refractivity contribution is 6.32. The maximum atomic E-state index is 12.9. The van der Waals surface area contributed by atoms with Gasteiger partial charge in [0.05, 0.1) is 5.02 Å². The third kappa shape index (κ3) is 4.36. The van der Waals surface area contributed by atoms with Crippen LogP contribution in [0.4, 0.5) is 0 Å². The smallest absolute Gasteiger partial charge is 0.306 e. The number of esters is 1. The van der Waals surface area contributed by atoms with Crippen molar-refractivity contribution in [2.45, 2.75) is 58.0 Å². The van der Waals surface area contributed by atoms with Crippen LogP contribution in [0.5, 0.6) is 11.5 Å². The van der Waals surface area contributed by atoms with E-state index in [1.807, 2.05) is 0 Å². The molecule has 168 valence electrons. The first-order valence-electron chi connectivity index (χ1n) is 11.5. The number of fused-ring (bicyclic) bond motifs is 1. The second kappa shape index (κ2) is 8.53. The molecular weight excluding hydrogens is 418 g/mol. The number of hydrogen-bond acceptors (Lipinski definition) is 5. The molecule has 0 radical (unpaired) electrons. The molecule has 0 spiro atoms. The van der Waals surface area contributed by atoms with Gasteiger partial charge in [-0.25, -0.2) is 0 Å². The van der Waals surface area contributed by atoms with Gasteiger partial charge in [0.15, 0.2) is 11.5 Å². The van der Waals surface area contributed by atoms with E-state index in [1.54, 1.807) is 12.1 Å². The molecule has 0 saturated heterocycles. The molecule has 1 amide bonds. The number of hydrogen-bond donors (Lipinski definition) is 1. The highest BCUT2D eigenvalue weighted by atomic mass is 35.5. The number of halogens is 1. The van der Waals surface area contributed by atoms with E-state index < -0.39 is 0 Å². The van der Waals surface area contributed by atoms with Gasteiger partial charge in [0, 0.05) is 18.4 Å². The van der Waals surface area contributed by atoms with E-state index in [1.165, 1.54) is 19.3 Å². The molecule has 1 heterocycles. The molecule has 4 aliphatic carbocycles. The molecule has 1 aromatic rings. The second-order valence-electron chi connectivity index (χ2n) is 9.82. The summed E-state index contributed by atoms with van der Waals surface area (Å²) in [6.45, 7) is 1.60. The van der Waals surface area contributed by atoms with Crippen LogP contribution in [-0.4, -0.2) is 31.6 Å². The van der Waals surface area contributed by atoms with Gasteiger partial charge in [0.2, 0.25) is 5.91 Å². The predicted molar refractivity (Wildman–Crippen MR) is 115 cm³/mol. The fourth-order valence-electron chi connectivity index (χ4n) is 6.49. The van der Waals surface area contributed by atoms with Gasteiger partial charge in [-0.15, -0.1) is 0 Å². The van der Waals surface area contributed by atoms with Crippen LogP contribution in [0.25, 0.3) is 0 Å². The van der Waals surface area contributed by atoms with Gasteiger partial charge in [0.25, 0.3) is 0 Å². The maximum absolute atomic E-state index is 12.9. The summed E-state index contributed by atoms with van der Waals surface area (Å²) in [4.78, 5) is 25.1. The van der Waals surface area contributed by atoms with Crippen molar-refractivity contribution in [2.24, 2.45) is 23.2 Å². The normalized spacial score (nSPS) is 30.2. The quantitative estimate of drug-likeness (QED) is 0.499. The lowest BCUT2D eigenvalue weighted by Gasteiger charge is -2.55. The fraction of sp³-hybridized carbons (Fsp3) is 0.667. The Balaban J connectivity index is 1.04. The Labute approximate surface area is 187 Å². The number of carbonyl (C=O) groups excluding carboxylic acids is 2. The number of ether oxygens (including phenoxy) is 3. The molecule has 1 aliphatic heterocycles. The van der Waals surface area contributed by atoms with Gasteiger partial charge in [-0.1, -0.05) is 11.6 Å². The first-order valence-corrected chi connectivity index (χ1v) is 11.9. The summed E-state index contributed by atoms with van der Waals surface area (Å²) in [6, 6.07) is 3.52. The van der Waals surface area contributed by atoms with Gasteiger partial charge in [-0.3, -0.25) is 9.59 Å². The average molecular weight is 448 g/mol. The SMILES string of the molecule is O=C(CCCNC(=O)C12CC3CC(CC(C3)C1)C2)OCc1cc(Cl)c2c(c1)OCCO2. The van der Waals surface area contributed by atoms with E-state index in [-0.39, 0.29) is 30.3 Å². The molecule has 6 nitrogen and oxygen atoms in total. The Hall–Kier alpha value is -1.95. The summed E-state index contributed by atoms with van der Waals surface area (Å²) in [6.07, 6.45) is 8.02. The molecule has 4 fully saturated rings. The van der Waals surface area contributed by atoms with Gasteiger partial charge in [0.1, 0.15) is 19.8 Å². The van der Waals surface area contributed by atoms with Gasteiger partial charge >= 0.3 is 5.97 Å². The zero-order valence-electron chi connectivity index (χ0n) is 17.8. The van der Waals surface area contributed by atoms with Crippen molar-refractivity contribution in [3.05, 3.63) is 22.7 Å². The third-order valence-electron chi connectivity index (χ3n) is 7.42. The highest BCUT2D eigenvalue weighted by Gasteiger charge is 2.54. The van der Waals surface area contributed by atoms with Crippen LogP contribution in [0.2, 0.25) is 5.02 Å². The van der Waals surface area contributed by atoms with E-state index in [4.69, 9.17) is 25.8 Å². The molecule has 0 unspecified atom stereocenters. The lowest BCUT2D eigenvalue weighted by Crippen LogP contribution is -2.53. The molecule has 1 N–H and O–H groups in total. The number of amides is 1. The standard InChI is InChI=1S/C24H30ClNO5/c25-19-9-18(10-20-22(19)30-5-4-29-20)14-31-21(27)2-1-3-26-23(28)24-11-15-6-16(12-24)8-17(7-15)13-24/h9-10,15-17H,1-8,11-14H2,(H,26,28). The summed E-state index contributed by atoms with van der Waals surface area (Å²) in [5.74, 6) is 3.30. The molecule has 1 aromatic carbocycles. The van der Waals surface area contributed by atoms with Crippen LogP contribution >= 0.6 is 11.6 Å². The van der Waals surface area contributed by atoms with Crippen LogP contribution in [-0.2, 0) is 20.9 Å². The Morgan fingerprint density at radius 3 is 2.45 bits per heavy atom. The molecule has 6 rings (SSSR count). The number of nitrogens with one attached hydrogen (secondary N) is 1. The Bertz CT molecular complexity index is 834. The second-order valence-corrected chi connectivity index (χ2v) is 10.2. The third-order valence-corrected chi connectivity index (χ3v) is 7.70. The summed E-state index contributed by atoms with van der Waals surface area (Å²) < 4.78 is 16.4. The van der Waals surface area contributed by atoms with Crippen molar-refractivity contribution < 1.29 is 23.8 Å². The average Bonchev–Trinajstić information content (AvgIpc) is 2.74. The van der Waals surface area contributed by atoms with E-state index in [0.29, 0.717) is 42.7 Å². The van der Waals surface area contributed by atoms with Crippen molar-refractivity contribution in [1.82, 2.24) is 5.32 Å². The van der Waals surface area contributed by atoms with Crippen molar-refractivity contribution in [1.29, 1.82) is 0 Å². The van der Waals surface area contributed by atoms with Crippen molar-refractivity contribution in [3.63, 3.8) is 0 Å². The summed E-state index contributed by atoms with van der Waals surface area (Å²) >= 11 is 6.22. The maximum Gasteiger partial charge on any atom is 0.306 e. The Kier molecular flexibility index (Phi) is 5.76. The van der Waals surface area contributed by atoms with Crippen molar-refractivity contribution in [2.75, 3.05) is 19.8 Å². The van der Waals surface area contributed by atoms with Crippen molar-refractivity contribution >= 4 is 23.5 Å². The molecule has 0 aromatic heterocycles. The molecule has 7 heteroatoms. The van der Waals surface area contributed by atoms with Crippen LogP contribution < -0.4 is 14.8 Å². The minimum atomic E-state index is -0.282. The Morgan fingerprint density at radius 1 is 1.06 bits per heavy atom. The highest BCUT2D eigenvalue weighted by Crippen LogP contribution is 2.60. The van der Waals surface area contributed by atoms with Crippen molar-refractivity contribution in [3.8, 4) is 11.5 Å². The lowest BCUT2D eigenvalue weighted by molar-refractivity contribution is -0.147. The molecule has 5 aliphatic rings. The number of benzene rings is 1. The minimum absolute atomic E-state index is 0.132. The molecule has 31 heavy (non-hydrogen) atoms.